The van der Waals surface area contributed by atoms with Crippen molar-refractivity contribution in [2.75, 3.05) is 6.61 Å². The molecule has 0 bridgehead atoms. The number of hydrogen-bond acceptors (Lipinski definition) is 5. The summed E-state index contributed by atoms with van der Waals surface area (Å²) in [5, 5.41) is 0. The predicted octanol–water partition coefficient (Wildman–Crippen LogP) is 12.3. The van der Waals surface area contributed by atoms with E-state index in [2.05, 4.69) is 69.2 Å². The number of unbranched alkanes of at least 4 members (excludes halogenated alkanes) is 1. The average molecular weight is 701 g/mol. The van der Waals surface area contributed by atoms with Crippen molar-refractivity contribution in [2.24, 2.45) is 53.3 Å². The fourth-order valence-corrected chi connectivity index (χ4v) is 11.7. The summed E-state index contributed by atoms with van der Waals surface area (Å²) >= 11 is 0. The molecular formula is C43H76O5Si. The van der Waals surface area contributed by atoms with Gasteiger partial charge in [0.05, 0.1) is 24.9 Å². The molecule has 3 fully saturated rings. The van der Waals surface area contributed by atoms with Crippen LogP contribution >= 0.6 is 0 Å². The number of hydrogen-bond donors (Lipinski definition) is 0. The zero-order valence-corrected chi connectivity index (χ0v) is 34.4. The van der Waals surface area contributed by atoms with Crippen LogP contribution in [0.4, 0.5) is 0 Å². The van der Waals surface area contributed by atoms with E-state index in [1.807, 2.05) is 24.3 Å². The second-order valence-electron chi connectivity index (χ2n) is 17.5. The van der Waals surface area contributed by atoms with Crippen molar-refractivity contribution < 1.29 is 22.4 Å². The number of rotatable bonds is 18. The zero-order valence-electron chi connectivity index (χ0n) is 33.4. The normalized spacial score (nSPS) is 29.8. The van der Waals surface area contributed by atoms with Crippen LogP contribution in [0.25, 0.3) is 0 Å². The van der Waals surface area contributed by atoms with Gasteiger partial charge >= 0.3 is 9.05 Å². The Morgan fingerprint density at radius 3 is 1.10 bits per heavy atom. The van der Waals surface area contributed by atoms with Crippen LogP contribution in [0.2, 0.25) is 0 Å². The Bertz CT molecular complexity index is 946. The van der Waals surface area contributed by atoms with Crippen LogP contribution in [0, 0.1) is 53.3 Å². The van der Waals surface area contributed by atoms with E-state index >= 15 is 0 Å². The largest absolute Gasteiger partial charge is 0.750 e. The molecule has 1 aromatic carbocycles. The van der Waals surface area contributed by atoms with Crippen molar-refractivity contribution in [2.45, 2.75) is 177 Å². The molecule has 0 aliphatic heterocycles. The van der Waals surface area contributed by atoms with E-state index in [9.17, 15) is 0 Å². The highest BCUT2D eigenvalue weighted by atomic mass is 28.4. The molecule has 3 aliphatic carbocycles. The summed E-state index contributed by atoms with van der Waals surface area (Å²) in [5.41, 5.74) is 0. The molecule has 0 N–H and O–H groups in total. The third-order valence-electron chi connectivity index (χ3n) is 13.1. The lowest BCUT2D eigenvalue weighted by atomic mass is 9.75. The highest BCUT2D eigenvalue weighted by molar-refractivity contribution is 6.54. The molecule has 5 nitrogen and oxygen atoms in total. The van der Waals surface area contributed by atoms with Gasteiger partial charge in [-0.25, -0.2) is 0 Å². The first kappa shape index (κ1) is 40.7. The minimum atomic E-state index is -3.68. The second-order valence-corrected chi connectivity index (χ2v) is 19.4. The Balaban J connectivity index is 1.60. The van der Waals surface area contributed by atoms with Crippen LogP contribution in [-0.4, -0.2) is 34.0 Å². The molecule has 1 aromatic rings. The first-order chi connectivity index (χ1) is 23.4. The molecule has 0 saturated heterocycles. The maximum Gasteiger partial charge on any atom is 0.750 e. The van der Waals surface area contributed by atoms with Gasteiger partial charge < -0.3 is 22.4 Å². The van der Waals surface area contributed by atoms with Crippen LogP contribution < -0.4 is 9.16 Å². The van der Waals surface area contributed by atoms with E-state index in [0.29, 0.717) is 17.8 Å². The van der Waals surface area contributed by atoms with Gasteiger partial charge in [0, 0.05) is 0 Å². The van der Waals surface area contributed by atoms with Gasteiger partial charge in [0.15, 0.2) is 0 Å². The minimum Gasteiger partial charge on any atom is -0.494 e. The van der Waals surface area contributed by atoms with Crippen LogP contribution in [0.15, 0.2) is 24.3 Å². The average Bonchev–Trinajstić information content (AvgIpc) is 3.09. The highest BCUT2D eigenvalue weighted by Crippen LogP contribution is 2.41. The lowest BCUT2D eigenvalue weighted by Crippen LogP contribution is -2.59. The first-order valence-electron chi connectivity index (χ1n) is 20.8. The first-order valence-corrected chi connectivity index (χ1v) is 22.5. The third-order valence-corrected chi connectivity index (χ3v) is 15.6. The summed E-state index contributed by atoms with van der Waals surface area (Å²) in [6.07, 6.45) is 17.0. The molecule has 282 valence electrons. The lowest BCUT2D eigenvalue weighted by Gasteiger charge is -2.42. The molecule has 4 rings (SSSR count). The van der Waals surface area contributed by atoms with E-state index in [1.54, 1.807) is 0 Å². The van der Waals surface area contributed by atoms with Crippen LogP contribution in [0.3, 0.4) is 0 Å². The summed E-state index contributed by atoms with van der Waals surface area (Å²) in [7, 11) is -3.68. The molecule has 49 heavy (non-hydrogen) atoms. The van der Waals surface area contributed by atoms with Gasteiger partial charge in [0.1, 0.15) is 11.5 Å². The van der Waals surface area contributed by atoms with Crippen molar-refractivity contribution in [1.29, 1.82) is 0 Å². The molecule has 0 amide bonds. The molecule has 0 spiro atoms. The van der Waals surface area contributed by atoms with E-state index in [0.717, 1.165) is 66.5 Å². The van der Waals surface area contributed by atoms with E-state index in [1.165, 1.54) is 77.0 Å². The summed E-state index contributed by atoms with van der Waals surface area (Å²) in [4.78, 5) is 0. The molecule has 3 unspecified atom stereocenters. The number of benzene rings is 1. The van der Waals surface area contributed by atoms with Crippen LogP contribution in [-0.2, 0) is 13.3 Å². The van der Waals surface area contributed by atoms with Gasteiger partial charge in [0.25, 0.3) is 0 Å². The molecule has 0 aromatic heterocycles. The minimum absolute atomic E-state index is 0.00387. The van der Waals surface area contributed by atoms with Crippen molar-refractivity contribution in [1.82, 2.24) is 0 Å². The van der Waals surface area contributed by atoms with Gasteiger partial charge in [0.2, 0.25) is 0 Å². The molecule has 3 saturated carbocycles. The summed E-state index contributed by atoms with van der Waals surface area (Å²) in [6.45, 7) is 24.0. The Morgan fingerprint density at radius 1 is 0.490 bits per heavy atom. The predicted molar refractivity (Wildman–Crippen MR) is 206 cm³/mol. The molecule has 0 radical (unpaired) electrons. The van der Waals surface area contributed by atoms with Crippen molar-refractivity contribution in [3.8, 4) is 11.5 Å². The van der Waals surface area contributed by atoms with Gasteiger partial charge in [-0.05, 0) is 182 Å². The van der Waals surface area contributed by atoms with Crippen LogP contribution in [0.5, 0.6) is 11.5 Å². The smallest absolute Gasteiger partial charge is 0.494 e. The monoisotopic (exact) mass is 701 g/mol. The van der Waals surface area contributed by atoms with Crippen LogP contribution in [0.1, 0.15) is 159 Å². The Morgan fingerprint density at radius 2 is 0.796 bits per heavy atom. The molecule has 3 atom stereocenters. The van der Waals surface area contributed by atoms with E-state index in [-0.39, 0.29) is 18.3 Å². The van der Waals surface area contributed by atoms with Gasteiger partial charge in [-0.3, -0.25) is 0 Å². The fourth-order valence-electron chi connectivity index (χ4n) is 9.05. The fraction of sp³-hybridized carbons (Fsp3) is 0.860. The Hall–Kier alpha value is -1.08. The van der Waals surface area contributed by atoms with Gasteiger partial charge in [-0.1, -0.05) is 54.9 Å². The molecule has 6 heteroatoms. The summed E-state index contributed by atoms with van der Waals surface area (Å²) < 4.78 is 34.9. The lowest BCUT2D eigenvalue weighted by molar-refractivity contribution is -0.0940. The topological polar surface area (TPSA) is 46.2 Å². The summed E-state index contributed by atoms with van der Waals surface area (Å²) in [6, 6.07) is 8.09. The van der Waals surface area contributed by atoms with Crippen molar-refractivity contribution >= 4 is 9.05 Å². The van der Waals surface area contributed by atoms with E-state index < -0.39 is 9.05 Å². The number of ether oxygens (including phenoxy) is 1. The third kappa shape index (κ3) is 12.2. The Kier molecular flexibility index (Phi) is 16.3. The standard InChI is InChI=1S/C43H76O5Si/c1-11-12-29-44-42-25-27-43(28-26-42)48-49(45-33(8)39-19-13-36(14-20-39)30(2)3,46-34(9)40-21-15-37(16-22-40)31(4)5)47-35(10)41-23-17-38(18-24-41)32(6)7/h25-28,30-41H,11-24,29H2,1-10H3. The SMILES string of the molecule is CCCCOc1ccc(O[Si](OC(C)C2CCC(C(C)C)CC2)(OC(C)C2CCC(C(C)C)CC2)OC(C)C2CCC(C(C)C)CC2)cc1. The zero-order chi connectivity index (χ0) is 35.6. The maximum atomic E-state index is 7.27. The quantitative estimate of drug-likeness (QED) is 0.113. The molecule has 3 aliphatic rings. The van der Waals surface area contributed by atoms with Crippen molar-refractivity contribution in [3.63, 3.8) is 0 Å². The van der Waals surface area contributed by atoms with Gasteiger partial charge in [-0.15, -0.1) is 0 Å². The van der Waals surface area contributed by atoms with Gasteiger partial charge in [-0.2, -0.15) is 0 Å². The second kappa shape index (κ2) is 19.7. The van der Waals surface area contributed by atoms with Crippen molar-refractivity contribution in [3.05, 3.63) is 24.3 Å². The Labute approximate surface area is 303 Å². The summed E-state index contributed by atoms with van der Waals surface area (Å²) in [5.74, 6) is 7.75. The highest BCUT2D eigenvalue weighted by Gasteiger charge is 2.55. The molecular weight excluding hydrogens is 625 g/mol. The van der Waals surface area contributed by atoms with E-state index in [4.69, 9.17) is 22.4 Å². The molecule has 0 heterocycles. The maximum absolute atomic E-state index is 7.27.